The van der Waals surface area contributed by atoms with Gasteiger partial charge < -0.3 is 9.47 Å². The second-order valence-electron chi connectivity index (χ2n) is 5.72. The lowest BCUT2D eigenvalue weighted by Crippen LogP contribution is -2.46. The lowest BCUT2D eigenvalue weighted by Gasteiger charge is -2.35. The Morgan fingerprint density at radius 3 is 2.82 bits per heavy atom. The Hall–Kier alpha value is -2.41. The van der Waals surface area contributed by atoms with Crippen LogP contribution in [-0.2, 0) is 13.6 Å². The van der Waals surface area contributed by atoms with Crippen LogP contribution in [0.25, 0.3) is 5.65 Å². The highest BCUT2D eigenvalue weighted by Crippen LogP contribution is 2.17. The summed E-state index contributed by atoms with van der Waals surface area (Å²) in [7, 11) is 2.10. The molecule has 4 rings (SSSR count). The first-order valence-corrected chi connectivity index (χ1v) is 7.53. The largest absolute Gasteiger partial charge is 0.368 e. The quantitative estimate of drug-likeness (QED) is 0.715. The zero-order chi connectivity index (χ0) is 14.9. The van der Waals surface area contributed by atoms with E-state index in [0.29, 0.717) is 0 Å². The van der Waals surface area contributed by atoms with Gasteiger partial charge in [0, 0.05) is 57.7 Å². The first-order valence-electron chi connectivity index (χ1n) is 7.53. The molecular formula is C15H19N7. The highest BCUT2D eigenvalue weighted by Gasteiger charge is 2.18. The fourth-order valence-electron chi connectivity index (χ4n) is 2.94. The van der Waals surface area contributed by atoms with E-state index < -0.39 is 0 Å². The number of hydrogen-bond donors (Lipinski definition) is 0. The van der Waals surface area contributed by atoms with Crippen LogP contribution < -0.4 is 4.90 Å². The van der Waals surface area contributed by atoms with E-state index in [-0.39, 0.29) is 0 Å². The van der Waals surface area contributed by atoms with E-state index in [2.05, 4.69) is 55.0 Å². The zero-order valence-electron chi connectivity index (χ0n) is 12.6. The summed E-state index contributed by atoms with van der Waals surface area (Å²) in [6.45, 7) is 5.15. The van der Waals surface area contributed by atoms with Gasteiger partial charge in [-0.25, -0.2) is 4.52 Å². The minimum absolute atomic E-state index is 0.795. The summed E-state index contributed by atoms with van der Waals surface area (Å²) in [5, 5.41) is 12.3. The number of fused-ring (bicyclic) bond motifs is 1. The molecule has 0 amide bonds. The minimum atomic E-state index is 0.795. The van der Waals surface area contributed by atoms with Crippen molar-refractivity contribution in [1.29, 1.82) is 0 Å². The van der Waals surface area contributed by atoms with Crippen LogP contribution in [0.4, 0.5) is 5.69 Å². The van der Waals surface area contributed by atoms with Crippen molar-refractivity contribution in [2.75, 3.05) is 31.1 Å². The highest BCUT2D eigenvalue weighted by atomic mass is 15.3. The summed E-state index contributed by atoms with van der Waals surface area (Å²) >= 11 is 0. The summed E-state index contributed by atoms with van der Waals surface area (Å²) < 4.78 is 3.88. The van der Waals surface area contributed by atoms with Crippen molar-refractivity contribution >= 4 is 11.3 Å². The number of hydrogen-bond acceptors (Lipinski definition) is 5. The smallest absolute Gasteiger partial charge is 0.179 e. The third-order valence-electron chi connectivity index (χ3n) is 4.32. The SMILES string of the molecule is Cn1cccc1CN1CCN(c2cnn3cnnc3c2)CC1. The van der Waals surface area contributed by atoms with Crippen molar-refractivity contribution in [2.24, 2.45) is 7.05 Å². The second-order valence-corrected chi connectivity index (χ2v) is 5.72. The molecule has 0 unspecified atom stereocenters. The van der Waals surface area contributed by atoms with E-state index in [1.807, 2.05) is 12.3 Å². The molecule has 4 heterocycles. The van der Waals surface area contributed by atoms with Crippen LogP contribution in [-0.4, -0.2) is 55.5 Å². The molecule has 7 nitrogen and oxygen atoms in total. The maximum absolute atomic E-state index is 4.34. The molecule has 0 atom stereocenters. The number of nitrogens with zero attached hydrogens (tertiary/aromatic N) is 7. The molecule has 0 aliphatic carbocycles. The first kappa shape index (κ1) is 13.3. The summed E-state index contributed by atoms with van der Waals surface area (Å²) in [6, 6.07) is 6.34. The molecule has 3 aromatic rings. The Kier molecular flexibility index (Phi) is 3.27. The Labute approximate surface area is 128 Å². The fourth-order valence-corrected chi connectivity index (χ4v) is 2.94. The predicted octanol–water partition coefficient (Wildman–Crippen LogP) is 0.785. The molecule has 0 N–H and O–H groups in total. The van der Waals surface area contributed by atoms with Gasteiger partial charge in [0.05, 0.1) is 11.9 Å². The van der Waals surface area contributed by atoms with Crippen molar-refractivity contribution < 1.29 is 0 Å². The molecule has 1 saturated heterocycles. The number of aromatic nitrogens is 5. The Morgan fingerprint density at radius 2 is 2.05 bits per heavy atom. The third-order valence-corrected chi connectivity index (χ3v) is 4.32. The van der Waals surface area contributed by atoms with Crippen LogP contribution in [0.5, 0.6) is 0 Å². The van der Waals surface area contributed by atoms with E-state index in [1.165, 1.54) is 5.69 Å². The number of rotatable bonds is 3. The van der Waals surface area contributed by atoms with E-state index in [9.17, 15) is 0 Å². The van der Waals surface area contributed by atoms with Crippen molar-refractivity contribution in [3.8, 4) is 0 Å². The number of piperazine rings is 1. The first-order chi connectivity index (χ1) is 10.8. The zero-order valence-corrected chi connectivity index (χ0v) is 12.6. The molecule has 0 aromatic carbocycles. The van der Waals surface area contributed by atoms with Crippen LogP contribution in [0.2, 0.25) is 0 Å². The molecule has 0 spiro atoms. The van der Waals surface area contributed by atoms with Gasteiger partial charge in [-0.3, -0.25) is 4.90 Å². The molecule has 3 aromatic heterocycles. The minimum Gasteiger partial charge on any atom is -0.368 e. The third kappa shape index (κ3) is 2.43. The molecule has 114 valence electrons. The Balaban J connectivity index is 1.41. The maximum Gasteiger partial charge on any atom is 0.179 e. The van der Waals surface area contributed by atoms with Crippen molar-refractivity contribution in [2.45, 2.75) is 6.54 Å². The molecular weight excluding hydrogens is 278 g/mol. The molecule has 1 aliphatic rings. The molecule has 0 radical (unpaired) electrons. The van der Waals surface area contributed by atoms with Gasteiger partial charge >= 0.3 is 0 Å². The van der Waals surface area contributed by atoms with E-state index in [0.717, 1.165) is 44.1 Å². The number of anilines is 1. The average Bonchev–Trinajstić information content (AvgIpc) is 3.17. The molecule has 1 aliphatic heterocycles. The highest BCUT2D eigenvalue weighted by molar-refractivity contribution is 5.53. The van der Waals surface area contributed by atoms with Gasteiger partial charge in [0.1, 0.15) is 6.33 Å². The lowest BCUT2D eigenvalue weighted by atomic mass is 10.2. The van der Waals surface area contributed by atoms with Gasteiger partial charge in [0.2, 0.25) is 0 Å². The molecule has 0 bridgehead atoms. The summed E-state index contributed by atoms with van der Waals surface area (Å²) in [5.41, 5.74) is 3.28. The van der Waals surface area contributed by atoms with Gasteiger partial charge in [0.15, 0.2) is 5.65 Å². The maximum atomic E-state index is 4.34. The standard InChI is InChI=1S/C15H19N7/c1-19-4-2-3-13(19)11-20-5-7-21(8-6-20)14-9-15-18-16-12-22(15)17-10-14/h2-4,9-10,12H,5-8,11H2,1H3. The van der Waals surface area contributed by atoms with Crippen molar-refractivity contribution in [3.63, 3.8) is 0 Å². The van der Waals surface area contributed by atoms with Crippen LogP contribution in [0.3, 0.4) is 0 Å². The van der Waals surface area contributed by atoms with Crippen molar-refractivity contribution in [3.05, 3.63) is 42.6 Å². The monoisotopic (exact) mass is 297 g/mol. The topological polar surface area (TPSA) is 54.5 Å². The van der Waals surface area contributed by atoms with Gasteiger partial charge in [-0.15, -0.1) is 10.2 Å². The van der Waals surface area contributed by atoms with E-state index >= 15 is 0 Å². The summed E-state index contributed by atoms with van der Waals surface area (Å²) in [6.07, 6.45) is 5.62. The van der Waals surface area contributed by atoms with Gasteiger partial charge in [-0.2, -0.15) is 5.10 Å². The normalized spacial score (nSPS) is 16.5. The number of aryl methyl sites for hydroxylation is 1. The lowest BCUT2D eigenvalue weighted by molar-refractivity contribution is 0.245. The van der Waals surface area contributed by atoms with Crippen LogP contribution in [0, 0.1) is 0 Å². The fraction of sp³-hybridized carbons (Fsp3) is 0.400. The summed E-state index contributed by atoms with van der Waals surface area (Å²) in [4.78, 5) is 4.86. The Bertz CT molecular complexity index is 767. The molecule has 7 heteroatoms. The van der Waals surface area contributed by atoms with Crippen LogP contribution in [0.1, 0.15) is 5.69 Å². The van der Waals surface area contributed by atoms with Crippen LogP contribution in [0.15, 0.2) is 36.9 Å². The van der Waals surface area contributed by atoms with Crippen molar-refractivity contribution in [1.82, 2.24) is 29.3 Å². The van der Waals surface area contributed by atoms with Gasteiger partial charge in [-0.05, 0) is 12.1 Å². The molecule has 1 fully saturated rings. The molecule has 22 heavy (non-hydrogen) atoms. The van der Waals surface area contributed by atoms with E-state index in [1.54, 1.807) is 10.8 Å². The van der Waals surface area contributed by atoms with E-state index in [4.69, 9.17) is 0 Å². The van der Waals surface area contributed by atoms with Gasteiger partial charge in [-0.1, -0.05) is 0 Å². The van der Waals surface area contributed by atoms with Crippen LogP contribution >= 0.6 is 0 Å². The predicted molar refractivity (Wildman–Crippen MR) is 83.7 cm³/mol. The summed E-state index contributed by atoms with van der Waals surface area (Å²) in [5.74, 6) is 0. The second kappa shape index (κ2) is 5.42. The Morgan fingerprint density at radius 1 is 1.18 bits per heavy atom. The molecule has 0 saturated carbocycles. The average molecular weight is 297 g/mol. The van der Waals surface area contributed by atoms with Gasteiger partial charge in [0.25, 0.3) is 0 Å².